The number of allylic oxidation sites excluding steroid dienone is 1. The molecule has 0 radical (unpaired) electrons. The van der Waals surface area contributed by atoms with Crippen LogP contribution >= 0.6 is 0 Å². The van der Waals surface area contributed by atoms with Crippen molar-refractivity contribution in [1.82, 2.24) is 0 Å². The summed E-state index contributed by atoms with van der Waals surface area (Å²) in [6.45, 7) is 3.86. The van der Waals surface area contributed by atoms with E-state index in [1.54, 1.807) is 6.92 Å². The minimum Gasteiger partial charge on any atom is -0.478 e. The maximum atomic E-state index is 10.6. The molecule has 0 saturated carbocycles. The second-order valence-electron chi connectivity index (χ2n) is 4.61. The van der Waals surface area contributed by atoms with Gasteiger partial charge in [0.25, 0.3) is 0 Å². The Bertz CT molecular complexity index is 605. The van der Waals surface area contributed by atoms with Crippen molar-refractivity contribution in [2.45, 2.75) is 13.8 Å². The fourth-order valence-corrected chi connectivity index (χ4v) is 1.94. The van der Waals surface area contributed by atoms with Crippen LogP contribution in [0.2, 0.25) is 0 Å². The molecule has 0 aliphatic heterocycles. The Balaban J connectivity index is 2.28. The van der Waals surface area contributed by atoms with Crippen molar-refractivity contribution in [1.29, 1.82) is 0 Å². The molecular weight excluding hydrogens is 236 g/mol. The molecule has 0 saturated heterocycles. The second kappa shape index (κ2) is 5.53. The van der Waals surface area contributed by atoms with Crippen molar-refractivity contribution >= 4 is 11.5 Å². The topological polar surface area (TPSA) is 37.3 Å². The minimum absolute atomic E-state index is 0.753. The molecule has 0 aliphatic rings. The van der Waals surface area contributed by atoms with Gasteiger partial charge in [0.1, 0.15) is 0 Å². The molecule has 1 N–H and O–H groups in total. The molecule has 0 heterocycles. The van der Waals surface area contributed by atoms with E-state index in [1.807, 2.05) is 24.3 Å². The highest BCUT2D eigenvalue weighted by Gasteiger charge is 2.01. The zero-order valence-corrected chi connectivity index (χ0v) is 11.1. The smallest absolute Gasteiger partial charge is 0.328 e. The number of carboxylic acids is 1. The number of hydrogen-bond acceptors (Lipinski definition) is 1. The summed E-state index contributed by atoms with van der Waals surface area (Å²) in [5, 5.41) is 8.73. The van der Waals surface area contributed by atoms with Crippen LogP contribution in [0.3, 0.4) is 0 Å². The molecule has 2 heteroatoms. The van der Waals surface area contributed by atoms with E-state index in [0.717, 1.165) is 22.3 Å². The normalized spacial score (nSPS) is 11.4. The molecule has 2 nitrogen and oxygen atoms in total. The van der Waals surface area contributed by atoms with Crippen LogP contribution in [0.1, 0.15) is 18.1 Å². The Morgan fingerprint density at radius 1 is 0.947 bits per heavy atom. The lowest BCUT2D eigenvalue weighted by Gasteiger charge is -2.05. The quantitative estimate of drug-likeness (QED) is 0.833. The van der Waals surface area contributed by atoms with Crippen LogP contribution in [0.4, 0.5) is 0 Å². The number of carbonyl (C=O) groups is 1. The first kappa shape index (κ1) is 13.1. The summed E-state index contributed by atoms with van der Waals surface area (Å²) in [4.78, 5) is 10.6. The zero-order valence-electron chi connectivity index (χ0n) is 11.1. The maximum absolute atomic E-state index is 10.6. The Kier molecular flexibility index (Phi) is 3.81. The Morgan fingerprint density at radius 3 is 1.89 bits per heavy atom. The lowest BCUT2D eigenvalue weighted by Crippen LogP contribution is -1.90. The molecule has 0 fully saturated rings. The Morgan fingerprint density at radius 2 is 1.42 bits per heavy atom. The van der Waals surface area contributed by atoms with Gasteiger partial charge in [0.2, 0.25) is 0 Å². The number of aliphatic carboxylic acids is 1. The highest BCUT2D eigenvalue weighted by Crippen LogP contribution is 2.22. The van der Waals surface area contributed by atoms with Crippen molar-refractivity contribution in [3.05, 3.63) is 65.7 Å². The van der Waals surface area contributed by atoms with Gasteiger partial charge in [-0.3, -0.25) is 0 Å². The predicted octanol–water partition coefficient (Wildman–Crippen LogP) is 4.15. The molecule has 0 atom stereocenters. The summed E-state index contributed by atoms with van der Waals surface area (Å²) in [7, 11) is 0. The van der Waals surface area contributed by atoms with Gasteiger partial charge in [-0.1, -0.05) is 54.1 Å². The van der Waals surface area contributed by atoms with Crippen LogP contribution in [-0.4, -0.2) is 11.1 Å². The number of benzene rings is 2. The Labute approximate surface area is 113 Å². The van der Waals surface area contributed by atoms with Crippen molar-refractivity contribution in [3.63, 3.8) is 0 Å². The first-order valence-electron chi connectivity index (χ1n) is 6.15. The van der Waals surface area contributed by atoms with E-state index >= 15 is 0 Å². The summed E-state index contributed by atoms with van der Waals surface area (Å²) >= 11 is 0. The lowest BCUT2D eigenvalue weighted by molar-refractivity contribution is -0.131. The molecule has 96 valence electrons. The van der Waals surface area contributed by atoms with Crippen molar-refractivity contribution in [3.8, 4) is 11.1 Å². The van der Waals surface area contributed by atoms with Crippen LogP contribution in [0, 0.1) is 6.92 Å². The fourth-order valence-electron chi connectivity index (χ4n) is 1.94. The lowest BCUT2D eigenvalue weighted by atomic mass is 10.0. The van der Waals surface area contributed by atoms with Crippen molar-refractivity contribution in [2.75, 3.05) is 0 Å². The van der Waals surface area contributed by atoms with Gasteiger partial charge in [-0.25, -0.2) is 4.79 Å². The molecule has 19 heavy (non-hydrogen) atoms. The first-order chi connectivity index (χ1) is 9.06. The molecule has 0 amide bonds. The van der Waals surface area contributed by atoms with Gasteiger partial charge in [-0.05, 0) is 36.1 Å². The van der Waals surface area contributed by atoms with Crippen LogP contribution < -0.4 is 0 Å². The summed E-state index contributed by atoms with van der Waals surface area (Å²) in [6, 6.07) is 16.3. The minimum atomic E-state index is -0.917. The maximum Gasteiger partial charge on any atom is 0.328 e. The van der Waals surface area contributed by atoms with Gasteiger partial charge in [0.15, 0.2) is 0 Å². The van der Waals surface area contributed by atoms with Gasteiger partial charge in [-0.2, -0.15) is 0 Å². The van der Waals surface area contributed by atoms with Crippen LogP contribution in [0.5, 0.6) is 0 Å². The molecule has 0 bridgehead atoms. The van der Waals surface area contributed by atoms with Gasteiger partial charge >= 0.3 is 5.97 Å². The molecular formula is C17H16O2. The largest absolute Gasteiger partial charge is 0.478 e. The molecule has 0 unspecified atom stereocenters. The zero-order chi connectivity index (χ0) is 13.8. The van der Waals surface area contributed by atoms with Gasteiger partial charge < -0.3 is 5.11 Å². The fraction of sp³-hybridized carbons (Fsp3) is 0.118. The SMILES string of the molecule is C/C(=C\C(=O)O)c1ccc(-c2ccc(C)cc2)cc1. The molecule has 2 rings (SSSR count). The van der Waals surface area contributed by atoms with Crippen molar-refractivity contribution in [2.24, 2.45) is 0 Å². The number of rotatable bonds is 3. The van der Waals surface area contributed by atoms with E-state index < -0.39 is 5.97 Å². The summed E-state index contributed by atoms with van der Waals surface area (Å²) in [5.41, 5.74) is 5.21. The average molecular weight is 252 g/mol. The van der Waals surface area contributed by atoms with E-state index in [2.05, 4.69) is 31.2 Å². The average Bonchev–Trinajstić information content (AvgIpc) is 2.39. The third-order valence-electron chi connectivity index (χ3n) is 3.07. The number of hydrogen-bond donors (Lipinski definition) is 1. The summed E-state index contributed by atoms with van der Waals surface area (Å²) in [6.07, 6.45) is 1.22. The van der Waals surface area contributed by atoms with E-state index in [9.17, 15) is 4.79 Å². The second-order valence-corrected chi connectivity index (χ2v) is 4.61. The molecule has 0 aromatic heterocycles. The van der Waals surface area contributed by atoms with Gasteiger partial charge in [-0.15, -0.1) is 0 Å². The van der Waals surface area contributed by atoms with Gasteiger partial charge in [0.05, 0.1) is 0 Å². The molecule has 2 aromatic carbocycles. The summed E-state index contributed by atoms with van der Waals surface area (Å²) in [5.74, 6) is -0.917. The molecule has 0 spiro atoms. The highest BCUT2D eigenvalue weighted by atomic mass is 16.4. The monoisotopic (exact) mass is 252 g/mol. The third-order valence-corrected chi connectivity index (χ3v) is 3.07. The molecule has 2 aromatic rings. The summed E-state index contributed by atoms with van der Waals surface area (Å²) < 4.78 is 0. The standard InChI is InChI=1S/C17H16O2/c1-12-3-5-15(6-4-12)16-9-7-14(8-10-16)13(2)11-17(18)19/h3-11H,1-2H3,(H,18,19)/b13-11+. The van der Waals surface area contributed by atoms with Crippen LogP contribution in [0.25, 0.3) is 16.7 Å². The van der Waals surface area contributed by atoms with Crippen LogP contribution in [0.15, 0.2) is 54.6 Å². The van der Waals surface area contributed by atoms with Crippen LogP contribution in [-0.2, 0) is 4.79 Å². The molecule has 0 aliphatic carbocycles. The highest BCUT2D eigenvalue weighted by molar-refractivity contribution is 5.89. The number of aryl methyl sites for hydroxylation is 1. The van der Waals surface area contributed by atoms with E-state index in [-0.39, 0.29) is 0 Å². The van der Waals surface area contributed by atoms with E-state index in [1.165, 1.54) is 11.6 Å². The predicted molar refractivity (Wildman–Crippen MR) is 77.9 cm³/mol. The van der Waals surface area contributed by atoms with Crippen molar-refractivity contribution < 1.29 is 9.90 Å². The Hall–Kier alpha value is -2.35. The van der Waals surface area contributed by atoms with Gasteiger partial charge in [0, 0.05) is 6.08 Å². The first-order valence-corrected chi connectivity index (χ1v) is 6.15. The number of carboxylic acid groups (broad SMARTS) is 1. The van der Waals surface area contributed by atoms with E-state index in [0.29, 0.717) is 0 Å². The third kappa shape index (κ3) is 3.32. The van der Waals surface area contributed by atoms with E-state index in [4.69, 9.17) is 5.11 Å².